The molecule has 0 aromatic rings. The van der Waals surface area contributed by atoms with E-state index in [-0.39, 0.29) is 63.1 Å². The van der Waals surface area contributed by atoms with Gasteiger partial charge in [-0.05, 0) is 57.0 Å². The lowest BCUT2D eigenvalue weighted by atomic mass is 10.1. The number of carboxylic acids is 1. The number of thioether (sulfide) groups is 1. The smallest absolute Gasteiger partial charge is 0.326 e. The van der Waals surface area contributed by atoms with Crippen LogP contribution in [0.25, 0.3) is 0 Å². The van der Waals surface area contributed by atoms with Crippen molar-refractivity contribution in [3.8, 4) is 0 Å². The summed E-state index contributed by atoms with van der Waals surface area (Å²) in [6, 6.07) is -4.32. The van der Waals surface area contributed by atoms with Crippen molar-refractivity contribution in [2.75, 3.05) is 31.6 Å². The molecule has 0 aliphatic rings. The average Bonchev–Trinajstić information content (AvgIpc) is 2.91. The molecule has 3 amide bonds. The van der Waals surface area contributed by atoms with Crippen molar-refractivity contribution in [3.63, 3.8) is 0 Å². The SMILES string of the molecule is CSCCC(NC(=O)C(N)CCCN=C(N)N)C(=O)NC(CCCN=C(N)N)C(=O)NC(CCCN=C(N)N)C(=O)O. The third kappa shape index (κ3) is 18.4. The molecule has 0 aliphatic heterocycles. The van der Waals surface area contributed by atoms with E-state index < -0.39 is 47.9 Å². The first kappa shape index (κ1) is 38.0. The van der Waals surface area contributed by atoms with Gasteiger partial charge < -0.3 is 61.2 Å². The number of hydrogen-bond donors (Lipinski definition) is 11. The molecular formula is C23H47N13O5S. The Bertz CT molecular complexity index is 951. The summed E-state index contributed by atoms with van der Waals surface area (Å²) in [5.41, 5.74) is 37.8. The fraction of sp³-hybridized carbons (Fsp3) is 0.696. The van der Waals surface area contributed by atoms with E-state index in [4.69, 9.17) is 40.1 Å². The minimum atomic E-state index is -1.27. The van der Waals surface area contributed by atoms with Crippen LogP contribution in [0.15, 0.2) is 15.0 Å². The van der Waals surface area contributed by atoms with Gasteiger partial charge >= 0.3 is 5.97 Å². The molecule has 0 saturated carbocycles. The van der Waals surface area contributed by atoms with E-state index in [0.717, 1.165) is 0 Å². The maximum atomic E-state index is 13.3. The molecule has 0 saturated heterocycles. The standard InChI is InChI=1S/C23H47N13O5S/c1-42-12-8-15(34-17(37)13(24)5-2-9-31-21(25)26)19(39)35-14(6-3-10-32-22(27)28)18(38)36-16(20(40)41)7-4-11-33-23(29)30/h13-16H,2-12,24H2,1H3,(H,34,37)(H,35,39)(H,36,38)(H,40,41)(H4,25,26,31)(H4,27,28,32)(H4,29,30,33). The zero-order valence-corrected chi connectivity index (χ0v) is 24.8. The third-order valence-electron chi connectivity index (χ3n) is 5.69. The fourth-order valence-electron chi connectivity index (χ4n) is 3.51. The van der Waals surface area contributed by atoms with E-state index in [0.29, 0.717) is 25.1 Å². The van der Waals surface area contributed by atoms with Crippen molar-refractivity contribution >= 4 is 53.3 Å². The summed E-state index contributed by atoms with van der Waals surface area (Å²) >= 11 is 1.46. The normalized spacial score (nSPS) is 13.4. The van der Waals surface area contributed by atoms with Crippen molar-refractivity contribution in [1.82, 2.24) is 16.0 Å². The largest absolute Gasteiger partial charge is 0.480 e. The maximum absolute atomic E-state index is 13.3. The van der Waals surface area contributed by atoms with Crippen molar-refractivity contribution in [1.29, 1.82) is 0 Å². The van der Waals surface area contributed by atoms with E-state index in [9.17, 15) is 24.3 Å². The molecule has 0 aromatic carbocycles. The van der Waals surface area contributed by atoms with Crippen LogP contribution >= 0.6 is 11.8 Å². The Morgan fingerprint density at radius 1 is 0.643 bits per heavy atom. The third-order valence-corrected chi connectivity index (χ3v) is 6.33. The zero-order chi connectivity index (χ0) is 32.1. The number of nitrogens with zero attached hydrogens (tertiary/aromatic N) is 3. The topological polar surface area (TPSA) is 344 Å². The van der Waals surface area contributed by atoms with Gasteiger partial charge in [-0.15, -0.1) is 0 Å². The molecule has 42 heavy (non-hydrogen) atoms. The number of carbonyl (C=O) groups excluding carboxylic acids is 3. The molecule has 240 valence electrons. The summed E-state index contributed by atoms with van der Waals surface area (Å²) in [4.78, 5) is 62.4. The van der Waals surface area contributed by atoms with Gasteiger partial charge in [0.15, 0.2) is 17.9 Å². The van der Waals surface area contributed by atoms with Gasteiger partial charge in [0.1, 0.15) is 18.1 Å². The van der Waals surface area contributed by atoms with E-state index in [2.05, 4.69) is 30.9 Å². The summed E-state index contributed by atoms with van der Waals surface area (Å²) in [5.74, 6) is -3.00. The molecule has 0 fully saturated rings. The van der Waals surface area contributed by atoms with Crippen LogP contribution in [0, 0.1) is 0 Å². The van der Waals surface area contributed by atoms with Crippen LogP contribution in [0.2, 0.25) is 0 Å². The quantitative estimate of drug-likeness (QED) is 0.0312. The van der Waals surface area contributed by atoms with Crippen molar-refractivity contribution in [3.05, 3.63) is 0 Å². The molecule has 18 N–H and O–H groups in total. The van der Waals surface area contributed by atoms with Crippen LogP contribution in [0.3, 0.4) is 0 Å². The predicted molar refractivity (Wildman–Crippen MR) is 164 cm³/mol. The minimum Gasteiger partial charge on any atom is -0.480 e. The molecule has 18 nitrogen and oxygen atoms in total. The van der Waals surface area contributed by atoms with E-state index in [1.165, 1.54) is 11.8 Å². The van der Waals surface area contributed by atoms with Crippen LogP contribution < -0.4 is 56.1 Å². The zero-order valence-electron chi connectivity index (χ0n) is 24.0. The monoisotopic (exact) mass is 617 g/mol. The highest BCUT2D eigenvalue weighted by atomic mass is 32.2. The molecule has 19 heteroatoms. The van der Waals surface area contributed by atoms with Crippen LogP contribution in [-0.4, -0.2) is 102 Å². The Hall–Kier alpha value is -4.00. The summed E-state index contributed by atoms with van der Waals surface area (Å²) < 4.78 is 0. The second-order valence-electron chi connectivity index (χ2n) is 9.26. The second kappa shape index (κ2) is 21.7. The lowest BCUT2D eigenvalue weighted by Gasteiger charge is -2.25. The first-order valence-corrected chi connectivity index (χ1v) is 14.7. The highest BCUT2D eigenvalue weighted by Gasteiger charge is 2.30. The van der Waals surface area contributed by atoms with Crippen molar-refractivity contribution < 1.29 is 24.3 Å². The molecular weight excluding hydrogens is 570 g/mol. The van der Waals surface area contributed by atoms with Gasteiger partial charge in [-0.1, -0.05) is 0 Å². The first-order chi connectivity index (χ1) is 19.8. The number of nitrogens with two attached hydrogens (primary N) is 7. The number of carbonyl (C=O) groups is 4. The molecule has 0 radical (unpaired) electrons. The number of rotatable bonds is 22. The highest BCUT2D eigenvalue weighted by Crippen LogP contribution is 2.07. The van der Waals surface area contributed by atoms with Gasteiger partial charge in [0.05, 0.1) is 6.04 Å². The average molecular weight is 618 g/mol. The Morgan fingerprint density at radius 2 is 1.02 bits per heavy atom. The van der Waals surface area contributed by atoms with Crippen LogP contribution in [0.1, 0.15) is 44.9 Å². The number of hydrogen-bond acceptors (Lipinski definition) is 9. The number of nitrogens with one attached hydrogen (secondary N) is 3. The fourth-order valence-corrected chi connectivity index (χ4v) is 3.98. The van der Waals surface area contributed by atoms with Crippen molar-refractivity contribution in [2.24, 2.45) is 55.1 Å². The Kier molecular flexibility index (Phi) is 19.6. The minimum absolute atomic E-state index is 0.0417. The molecule has 0 rings (SSSR count). The Morgan fingerprint density at radius 3 is 1.45 bits per heavy atom. The van der Waals surface area contributed by atoms with Crippen LogP contribution in [0.5, 0.6) is 0 Å². The number of amides is 3. The Balaban J connectivity index is 5.57. The van der Waals surface area contributed by atoms with Gasteiger partial charge in [-0.3, -0.25) is 29.4 Å². The van der Waals surface area contributed by atoms with Gasteiger partial charge in [0.2, 0.25) is 17.7 Å². The number of aliphatic carboxylic acids is 1. The molecule has 0 aliphatic carbocycles. The summed E-state index contributed by atoms with van der Waals surface area (Å²) in [6.07, 6.45) is 3.52. The molecule has 4 unspecified atom stereocenters. The number of guanidine groups is 3. The van der Waals surface area contributed by atoms with Crippen molar-refractivity contribution in [2.45, 2.75) is 69.1 Å². The van der Waals surface area contributed by atoms with E-state index in [1.807, 2.05) is 6.26 Å². The second-order valence-corrected chi connectivity index (χ2v) is 10.2. The number of aliphatic imine (C=N–C) groups is 3. The molecule has 0 heterocycles. The Labute approximate surface area is 249 Å². The molecule has 0 bridgehead atoms. The maximum Gasteiger partial charge on any atom is 0.326 e. The van der Waals surface area contributed by atoms with Crippen LogP contribution in [0.4, 0.5) is 0 Å². The predicted octanol–water partition coefficient (Wildman–Crippen LogP) is -4.23. The lowest BCUT2D eigenvalue weighted by molar-refractivity contribution is -0.142. The molecule has 4 atom stereocenters. The van der Waals surface area contributed by atoms with Gasteiger partial charge in [0, 0.05) is 19.6 Å². The highest BCUT2D eigenvalue weighted by molar-refractivity contribution is 7.98. The van der Waals surface area contributed by atoms with E-state index >= 15 is 0 Å². The van der Waals surface area contributed by atoms with Gasteiger partial charge in [0.25, 0.3) is 0 Å². The molecule has 0 aromatic heterocycles. The summed E-state index contributed by atoms with van der Waals surface area (Å²) in [6.45, 7) is 0.639. The van der Waals surface area contributed by atoms with Crippen LogP contribution in [-0.2, 0) is 19.2 Å². The summed E-state index contributed by atoms with van der Waals surface area (Å²) in [5, 5.41) is 17.3. The molecule has 0 spiro atoms. The van der Waals surface area contributed by atoms with E-state index in [1.54, 1.807) is 0 Å². The summed E-state index contributed by atoms with van der Waals surface area (Å²) in [7, 11) is 0. The number of carboxylic acid groups (broad SMARTS) is 1. The van der Waals surface area contributed by atoms with Gasteiger partial charge in [-0.2, -0.15) is 11.8 Å². The lowest BCUT2D eigenvalue weighted by Crippen LogP contribution is -2.57. The first-order valence-electron chi connectivity index (χ1n) is 13.3. The van der Waals surface area contributed by atoms with Gasteiger partial charge in [-0.25, -0.2) is 4.79 Å².